The molecule has 0 aliphatic carbocycles. The molecule has 4 aromatic carbocycles. The predicted molar refractivity (Wildman–Crippen MR) is 122 cm³/mol. The number of benzene rings is 4. The zero-order chi connectivity index (χ0) is 20.1. The Hall–Kier alpha value is -3.63. The van der Waals surface area contributed by atoms with Crippen molar-refractivity contribution in [2.75, 3.05) is 5.32 Å². The highest BCUT2D eigenvalue weighted by molar-refractivity contribution is 7.26. The van der Waals surface area contributed by atoms with E-state index in [4.69, 9.17) is 4.74 Å². The van der Waals surface area contributed by atoms with Gasteiger partial charge < -0.3 is 4.74 Å². The van der Waals surface area contributed by atoms with Crippen LogP contribution in [0, 0.1) is 0 Å². The fourth-order valence-corrected chi connectivity index (χ4v) is 5.67. The van der Waals surface area contributed by atoms with Gasteiger partial charge in [0.15, 0.2) is 5.60 Å². The largest absolute Gasteiger partial charge is 0.428 e. The number of amides is 1. The summed E-state index contributed by atoms with van der Waals surface area (Å²) >= 11 is 1.70. The number of thiophene rings is 1. The number of hydrogen-bond donors (Lipinski definition) is 1. The van der Waals surface area contributed by atoms with Crippen LogP contribution in [0.4, 0.5) is 10.5 Å². The number of carbonyl (C=O) groups is 1. The normalized spacial score (nSPS) is 14.9. The first-order valence-electron chi connectivity index (χ1n) is 9.83. The van der Waals surface area contributed by atoms with Crippen LogP contribution < -0.4 is 5.32 Å². The van der Waals surface area contributed by atoms with Gasteiger partial charge in [-0.3, -0.25) is 5.32 Å². The SMILES string of the molecule is O=C1Nc2c(ccc3c2sc2ccccc23)C(c2ccccc2)(c2ccccc2)O1. The van der Waals surface area contributed by atoms with Crippen LogP contribution in [-0.4, -0.2) is 6.09 Å². The predicted octanol–water partition coefficient (Wildman–Crippen LogP) is 6.91. The quantitative estimate of drug-likeness (QED) is 0.345. The van der Waals surface area contributed by atoms with Crippen molar-refractivity contribution >= 4 is 43.3 Å². The molecule has 4 heteroatoms. The second-order valence-electron chi connectivity index (χ2n) is 7.39. The molecule has 0 atom stereocenters. The van der Waals surface area contributed by atoms with E-state index in [1.165, 1.54) is 10.1 Å². The number of rotatable bonds is 2. The maximum absolute atomic E-state index is 12.9. The molecule has 1 N–H and O–H groups in total. The van der Waals surface area contributed by atoms with Crippen molar-refractivity contribution in [3.8, 4) is 0 Å². The van der Waals surface area contributed by atoms with Gasteiger partial charge in [-0.25, -0.2) is 4.79 Å². The second kappa shape index (κ2) is 6.44. The molecule has 0 bridgehead atoms. The molecule has 2 heterocycles. The molecule has 5 aromatic rings. The van der Waals surface area contributed by atoms with Gasteiger partial charge in [-0.15, -0.1) is 11.3 Å². The Labute approximate surface area is 177 Å². The minimum atomic E-state index is -1.01. The molecule has 144 valence electrons. The number of anilines is 1. The Morgan fingerprint density at radius 2 is 1.33 bits per heavy atom. The molecule has 1 aromatic heterocycles. The Morgan fingerprint density at radius 1 is 0.700 bits per heavy atom. The third kappa shape index (κ3) is 2.34. The summed E-state index contributed by atoms with van der Waals surface area (Å²) in [4.78, 5) is 12.9. The van der Waals surface area contributed by atoms with Crippen molar-refractivity contribution in [2.45, 2.75) is 5.60 Å². The summed E-state index contributed by atoms with van der Waals surface area (Å²) in [5.41, 5.74) is 2.61. The Balaban J connectivity index is 1.75. The first-order chi connectivity index (χ1) is 14.8. The average molecular weight is 407 g/mol. The highest BCUT2D eigenvalue weighted by Gasteiger charge is 2.46. The fraction of sp³-hybridized carbons (Fsp3) is 0.0385. The highest BCUT2D eigenvalue weighted by atomic mass is 32.1. The molecule has 0 unspecified atom stereocenters. The molecular formula is C26H17NO2S. The topological polar surface area (TPSA) is 38.3 Å². The van der Waals surface area contributed by atoms with E-state index in [1.807, 2.05) is 72.8 Å². The maximum atomic E-state index is 12.9. The zero-order valence-electron chi connectivity index (χ0n) is 16.0. The van der Waals surface area contributed by atoms with Gasteiger partial charge in [0.25, 0.3) is 0 Å². The van der Waals surface area contributed by atoms with Crippen molar-refractivity contribution < 1.29 is 9.53 Å². The maximum Gasteiger partial charge on any atom is 0.413 e. The lowest BCUT2D eigenvalue weighted by atomic mass is 9.78. The van der Waals surface area contributed by atoms with E-state index in [2.05, 4.69) is 29.6 Å². The van der Waals surface area contributed by atoms with Gasteiger partial charge in [0, 0.05) is 32.2 Å². The van der Waals surface area contributed by atoms with Crippen molar-refractivity contribution in [1.82, 2.24) is 0 Å². The number of carbonyl (C=O) groups excluding carboxylic acids is 1. The third-order valence-electron chi connectivity index (χ3n) is 5.76. The molecule has 3 nitrogen and oxygen atoms in total. The lowest BCUT2D eigenvalue weighted by Gasteiger charge is -2.39. The number of fused-ring (bicyclic) bond motifs is 5. The summed E-state index contributed by atoms with van der Waals surface area (Å²) in [5.74, 6) is 0. The molecular weight excluding hydrogens is 390 g/mol. The third-order valence-corrected chi connectivity index (χ3v) is 6.96. The van der Waals surface area contributed by atoms with Gasteiger partial charge in [0.05, 0.1) is 10.4 Å². The van der Waals surface area contributed by atoms with Gasteiger partial charge >= 0.3 is 6.09 Å². The number of ether oxygens (including phenoxy) is 1. The number of cyclic esters (lactones) is 1. The summed E-state index contributed by atoms with van der Waals surface area (Å²) in [7, 11) is 0. The Bertz CT molecular complexity index is 1370. The summed E-state index contributed by atoms with van der Waals surface area (Å²) < 4.78 is 8.42. The van der Waals surface area contributed by atoms with Crippen molar-refractivity contribution in [3.05, 3.63) is 114 Å². The van der Waals surface area contributed by atoms with E-state index in [0.717, 1.165) is 32.5 Å². The van der Waals surface area contributed by atoms with Gasteiger partial charge in [-0.05, 0) is 6.07 Å². The molecule has 1 aliphatic rings. The zero-order valence-corrected chi connectivity index (χ0v) is 16.8. The summed E-state index contributed by atoms with van der Waals surface area (Å²) in [6, 6.07) is 32.5. The van der Waals surface area contributed by atoms with E-state index >= 15 is 0 Å². The Morgan fingerprint density at radius 3 is 2.03 bits per heavy atom. The number of nitrogens with one attached hydrogen (secondary N) is 1. The summed E-state index contributed by atoms with van der Waals surface area (Å²) in [6.07, 6.45) is -0.444. The Kier molecular flexibility index (Phi) is 3.70. The van der Waals surface area contributed by atoms with Crippen LogP contribution in [0.15, 0.2) is 97.1 Å². The molecule has 1 amide bonds. The van der Waals surface area contributed by atoms with Gasteiger partial charge in [0.1, 0.15) is 0 Å². The fourth-order valence-electron chi connectivity index (χ4n) is 4.47. The molecule has 6 rings (SSSR count). The van der Waals surface area contributed by atoms with Crippen molar-refractivity contribution in [1.29, 1.82) is 0 Å². The van der Waals surface area contributed by atoms with E-state index in [9.17, 15) is 4.79 Å². The second-order valence-corrected chi connectivity index (χ2v) is 8.44. The van der Waals surface area contributed by atoms with E-state index in [-0.39, 0.29) is 0 Å². The van der Waals surface area contributed by atoms with E-state index in [1.54, 1.807) is 11.3 Å². The van der Waals surface area contributed by atoms with Crippen molar-refractivity contribution in [2.24, 2.45) is 0 Å². The highest BCUT2D eigenvalue weighted by Crippen LogP contribution is 2.50. The number of hydrogen-bond acceptors (Lipinski definition) is 3. The van der Waals surface area contributed by atoms with Crippen LogP contribution in [0.1, 0.15) is 16.7 Å². The molecule has 0 saturated heterocycles. The minimum absolute atomic E-state index is 0.444. The molecule has 30 heavy (non-hydrogen) atoms. The lowest BCUT2D eigenvalue weighted by Crippen LogP contribution is -2.41. The molecule has 0 fully saturated rings. The van der Waals surface area contributed by atoms with Crippen molar-refractivity contribution in [3.63, 3.8) is 0 Å². The van der Waals surface area contributed by atoms with Crippen LogP contribution >= 0.6 is 11.3 Å². The van der Waals surface area contributed by atoms with Gasteiger partial charge in [-0.2, -0.15) is 0 Å². The molecule has 0 spiro atoms. The van der Waals surface area contributed by atoms with Gasteiger partial charge in [0.2, 0.25) is 0 Å². The van der Waals surface area contributed by atoms with Crippen LogP contribution in [0.2, 0.25) is 0 Å². The van der Waals surface area contributed by atoms with E-state index < -0.39 is 11.7 Å². The van der Waals surface area contributed by atoms with Crippen LogP contribution in [0.3, 0.4) is 0 Å². The first kappa shape index (κ1) is 17.2. The lowest BCUT2D eigenvalue weighted by molar-refractivity contribution is 0.0741. The molecule has 0 radical (unpaired) electrons. The minimum Gasteiger partial charge on any atom is -0.428 e. The molecule has 1 aliphatic heterocycles. The van der Waals surface area contributed by atoms with E-state index in [0.29, 0.717) is 0 Å². The monoisotopic (exact) mass is 407 g/mol. The first-order valence-corrected chi connectivity index (χ1v) is 10.6. The average Bonchev–Trinajstić information content (AvgIpc) is 3.19. The summed E-state index contributed by atoms with van der Waals surface area (Å²) in [6.45, 7) is 0. The summed E-state index contributed by atoms with van der Waals surface area (Å²) in [5, 5.41) is 5.35. The van der Waals surface area contributed by atoms with Crippen LogP contribution in [0.5, 0.6) is 0 Å². The standard InChI is InChI=1S/C26H17NO2S/c28-25-27-23-21(16-15-20-19-13-7-8-14-22(19)30-24(20)23)26(29-25,17-9-3-1-4-10-17)18-11-5-2-6-12-18/h1-16H,(H,27,28). The smallest absolute Gasteiger partial charge is 0.413 e. The molecule has 0 saturated carbocycles. The van der Waals surface area contributed by atoms with Crippen LogP contribution in [0.25, 0.3) is 20.2 Å². The van der Waals surface area contributed by atoms with Crippen LogP contribution in [-0.2, 0) is 10.3 Å². The van der Waals surface area contributed by atoms with Gasteiger partial charge in [-0.1, -0.05) is 91.0 Å².